The molecule has 0 aliphatic carbocycles. The van der Waals surface area contributed by atoms with Gasteiger partial charge in [0.15, 0.2) is 11.5 Å². The highest BCUT2D eigenvalue weighted by Gasteiger charge is 2.19. The van der Waals surface area contributed by atoms with E-state index in [-0.39, 0.29) is 21.3 Å². The van der Waals surface area contributed by atoms with Gasteiger partial charge in [0, 0.05) is 6.07 Å². The monoisotopic (exact) mass is 278 g/mol. The number of benzene rings is 2. The first-order valence-electron chi connectivity index (χ1n) is 5.64. The van der Waals surface area contributed by atoms with Gasteiger partial charge in [-0.25, -0.2) is 8.42 Å². The molecule has 0 aliphatic heterocycles. The molecule has 0 heterocycles. The maximum Gasteiger partial charge on any atom is 0.206 e. The standard InChI is InChI=1S/C14H14O4S/c1-10-3-5-11(6-4-10)19(16,17)12-7-8-13(15)14(9-12)18-2/h3-9,15H,1-2H3. The second-order valence-corrected chi connectivity index (χ2v) is 6.10. The topological polar surface area (TPSA) is 63.6 Å². The Morgan fingerprint density at radius 1 is 1.00 bits per heavy atom. The quantitative estimate of drug-likeness (QED) is 0.937. The number of phenolic OH excluding ortho intramolecular Hbond substituents is 1. The van der Waals surface area contributed by atoms with Crippen LogP contribution in [-0.2, 0) is 9.84 Å². The first-order valence-corrected chi connectivity index (χ1v) is 7.12. The zero-order valence-electron chi connectivity index (χ0n) is 10.6. The molecule has 100 valence electrons. The fourth-order valence-corrected chi connectivity index (χ4v) is 2.95. The predicted molar refractivity (Wildman–Crippen MR) is 71.3 cm³/mol. The minimum absolute atomic E-state index is 0.0889. The molecular formula is C14H14O4S. The third kappa shape index (κ3) is 2.56. The Bertz CT molecular complexity index is 688. The van der Waals surface area contributed by atoms with Crippen molar-refractivity contribution in [3.8, 4) is 11.5 Å². The number of aromatic hydroxyl groups is 1. The van der Waals surface area contributed by atoms with Gasteiger partial charge in [-0.1, -0.05) is 17.7 Å². The second kappa shape index (κ2) is 4.93. The van der Waals surface area contributed by atoms with Crippen molar-refractivity contribution in [3.05, 3.63) is 48.0 Å². The molecule has 0 bridgehead atoms. The van der Waals surface area contributed by atoms with E-state index in [1.54, 1.807) is 24.3 Å². The molecular weight excluding hydrogens is 264 g/mol. The van der Waals surface area contributed by atoms with Gasteiger partial charge in [-0.3, -0.25) is 0 Å². The zero-order chi connectivity index (χ0) is 14.0. The Morgan fingerprint density at radius 3 is 2.16 bits per heavy atom. The van der Waals surface area contributed by atoms with E-state index < -0.39 is 9.84 Å². The highest BCUT2D eigenvalue weighted by atomic mass is 32.2. The molecule has 0 spiro atoms. The van der Waals surface area contributed by atoms with Crippen molar-refractivity contribution < 1.29 is 18.3 Å². The normalized spacial score (nSPS) is 11.3. The van der Waals surface area contributed by atoms with Crippen LogP contribution in [0.5, 0.6) is 11.5 Å². The van der Waals surface area contributed by atoms with E-state index in [1.807, 2.05) is 6.92 Å². The summed E-state index contributed by atoms with van der Waals surface area (Å²) in [6.45, 7) is 1.89. The average molecular weight is 278 g/mol. The molecule has 0 unspecified atom stereocenters. The van der Waals surface area contributed by atoms with E-state index >= 15 is 0 Å². The van der Waals surface area contributed by atoms with Crippen LogP contribution in [0.25, 0.3) is 0 Å². The van der Waals surface area contributed by atoms with Crippen molar-refractivity contribution in [2.45, 2.75) is 16.7 Å². The Hall–Kier alpha value is -2.01. The van der Waals surface area contributed by atoms with Crippen LogP contribution in [0.4, 0.5) is 0 Å². The van der Waals surface area contributed by atoms with Gasteiger partial charge in [0.2, 0.25) is 9.84 Å². The molecule has 0 aliphatic rings. The molecule has 2 rings (SSSR count). The van der Waals surface area contributed by atoms with Gasteiger partial charge in [0.25, 0.3) is 0 Å². The lowest BCUT2D eigenvalue weighted by molar-refractivity contribution is 0.372. The van der Waals surface area contributed by atoms with Crippen LogP contribution in [0.15, 0.2) is 52.3 Å². The second-order valence-electron chi connectivity index (χ2n) is 4.15. The minimum atomic E-state index is -3.60. The number of hydrogen-bond acceptors (Lipinski definition) is 4. The predicted octanol–water partition coefficient (Wildman–Crippen LogP) is 2.54. The number of sulfone groups is 1. The van der Waals surface area contributed by atoms with Crippen molar-refractivity contribution in [1.29, 1.82) is 0 Å². The van der Waals surface area contributed by atoms with Crippen LogP contribution in [0, 0.1) is 6.92 Å². The van der Waals surface area contributed by atoms with Crippen molar-refractivity contribution in [1.82, 2.24) is 0 Å². The van der Waals surface area contributed by atoms with Crippen LogP contribution >= 0.6 is 0 Å². The van der Waals surface area contributed by atoms with Crippen molar-refractivity contribution >= 4 is 9.84 Å². The Labute approximate surface area is 112 Å². The molecule has 19 heavy (non-hydrogen) atoms. The SMILES string of the molecule is COc1cc(S(=O)(=O)c2ccc(C)cc2)ccc1O. The Kier molecular flexibility index (Phi) is 3.48. The molecule has 0 aromatic heterocycles. The fourth-order valence-electron chi connectivity index (χ4n) is 1.68. The lowest BCUT2D eigenvalue weighted by Gasteiger charge is -2.08. The summed E-state index contributed by atoms with van der Waals surface area (Å²) >= 11 is 0. The summed E-state index contributed by atoms with van der Waals surface area (Å²) in [6, 6.07) is 10.6. The van der Waals surface area contributed by atoms with E-state index in [2.05, 4.69) is 0 Å². The molecule has 2 aromatic carbocycles. The van der Waals surface area contributed by atoms with Gasteiger partial charge in [-0.15, -0.1) is 0 Å². The molecule has 0 amide bonds. The average Bonchev–Trinajstić information content (AvgIpc) is 2.39. The first-order chi connectivity index (χ1) is 8.95. The van der Waals surface area contributed by atoms with Gasteiger partial charge < -0.3 is 9.84 Å². The van der Waals surface area contributed by atoms with Gasteiger partial charge in [-0.05, 0) is 31.2 Å². The first kappa shape index (κ1) is 13.4. The van der Waals surface area contributed by atoms with Crippen LogP contribution in [0.1, 0.15) is 5.56 Å². The van der Waals surface area contributed by atoms with E-state index in [0.717, 1.165) is 5.56 Å². The van der Waals surface area contributed by atoms with E-state index in [4.69, 9.17) is 4.74 Å². The molecule has 2 aromatic rings. The summed E-state index contributed by atoms with van der Waals surface area (Å²) in [5.74, 6) is 0.0403. The van der Waals surface area contributed by atoms with Crippen LogP contribution in [0.3, 0.4) is 0 Å². The van der Waals surface area contributed by atoms with Gasteiger partial charge in [0.05, 0.1) is 16.9 Å². The summed E-state index contributed by atoms with van der Waals surface area (Å²) in [4.78, 5) is 0.303. The third-order valence-electron chi connectivity index (χ3n) is 2.79. The molecule has 0 fully saturated rings. The fraction of sp³-hybridized carbons (Fsp3) is 0.143. The molecule has 0 radical (unpaired) electrons. The largest absolute Gasteiger partial charge is 0.504 e. The zero-order valence-corrected chi connectivity index (χ0v) is 11.4. The van der Waals surface area contributed by atoms with Crippen molar-refractivity contribution in [3.63, 3.8) is 0 Å². The lowest BCUT2D eigenvalue weighted by Crippen LogP contribution is -2.02. The van der Waals surface area contributed by atoms with Crippen LogP contribution < -0.4 is 4.74 Å². The van der Waals surface area contributed by atoms with Gasteiger partial charge in [0.1, 0.15) is 0 Å². The maximum absolute atomic E-state index is 12.4. The summed E-state index contributed by atoms with van der Waals surface area (Å²) in [6.07, 6.45) is 0. The number of rotatable bonds is 3. The summed E-state index contributed by atoms with van der Waals surface area (Å²) in [5.41, 5.74) is 0.988. The van der Waals surface area contributed by atoms with Crippen molar-refractivity contribution in [2.24, 2.45) is 0 Å². The Morgan fingerprint density at radius 2 is 1.58 bits per heavy atom. The van der Waals surface area contributed by atoms with Gasteiger partial charge in [-0.2, -0.15) is 0 Å². The summed E-state index contributed by atoms with van der Waals surface area (Å²) in [5, 5.41) is 9.49. The molecule has 1 N–H and O–H groups in total. The smallest absolute Gasteiger partial charge is 0.206 e. The number of methoxy groups -OCH3 is 1. The maximum atomic E-state index is 12.4. The highest BCUT2D eigenvalue weighted by molar-refractivity contribution is 7.91. The van der Waals surface area contributed by atoms with Crippen LogP contribution in [-0.4, -0.2) is 20.6 Å². The Balaban J connectivity index is 2.53. The van der Waals surface area contributed by atoms with Crippen molar-refractivity contribution in [2.75, 3.05) is 7.11 Å². The number of ether oxygens (including phenoxy) is 1. The van der Waals surface area contributed by atoms with Gasteiger partial charge >= 0.3 is 0 Å². The molecule has 0 atom stereocenters. The molecule has 5 heteroatoms. The molecule has 0 saturated heterocycles. The summed E-state index contributed by atoms with van der Waals surface area (Å²) in [7, 11) is -2.22. The molecule has 4 nitrogen and oxygen atoms in total. The van der Waals surface area contributed by atoms with E-state index in [0.29, 0.717) is 0 Å². The van der Waals surface area contributed by atoms with E-state index in [1.165, 1.54) is 25.3 Å². The van der Waals surface area contributed by atoms with E-state index in [9.17, 15) is 13.5 Å². The third-order valence-corrected chi connectivity index (χ3v) is 4.56. The highest BCUT2D eigenvalue weighted by Crippen LogP contribution is 2.30. The van der Waals surface area contributed by atoms with Crippen LogP contribution in [0.2, 0.25) is 0 Å². The number of aryl methyl sites for hydroxylation is 1. The minimum Gasteiger partial charge on any atom is -0.504 e. The number of hydrogen-bond donors (Lipinski definition) is 1. The lowest BCUT2D eigenvalue weighted by atomic mass is 10.2. The number of phenols is 1. The summed E-state index contributed by atoms with van der Waals surface area (Å²) < 4.78 is 29.7. The molecule has 0 saturated carbocycles.